The van der Waals surface area contributed by atoms with E-state index >= 15 is 0 Å². The van der Waals surface area contributed by atoms with Gasteiger partial charge in [0, 0.05) is 40.4 Å². The highest BCUT2D eigenvalue weighted by Gasteiger charge is 2.44. The molecule has 164 valence electrons. The number of halogens is 2. The number of pyridine rings is 1. The molecule has 3 aromatic rings. The van der Waals surface area contributed by atoms with Crippen LogP contribution >= 0.6 is 11.8 Å². The number of hydrogen-bond donors (Lipinski definition) is 1. The topological polar surface area (TPSA) is 62.5 Å². The number of thioether (sulfide) groups is 1. The molecule has 0 spiro atoms. The lowest BCUT2D eigenvalue weighted by atomic mass is 9.82. The fourth-order valence-corrected chi connectivity index (χ4v) is 5.63. The Morgan fingerprint density at radius 1 is 1.06 bits per heavy atom. The normalized spacial score (nSPS) is 19.1. The van der Waals surface area contributed by atoms with Gasteiger partial charge in [0.1, 0.15) is 0 Å². The molecule has 32 heavy (non-hydrogen) atoms. The molecule has 0 unspecified atom stereocenters. The Labute approximate surface area is 187 Å². The molecule has 5 rings (SSSR count). The van der Waals surface area contributed by atoms with Crippen LogP contribution < -0.4 is 10.4 Å². The molecule has 1 atom stereocenters. The van der Waals surface area contributed by atoms with Crippen LogP contribution in [0.3, 0.4) is 0 Å². The summed E-state index contributed by atoms with van der Waals surface area (Å²) >= 11 is 1.42. The summed E-state index contributed by atoms with van der Waals surface area (Å²) in [5, 5.41) is 12.3. The van der Waals surface area contributed by atoms with Crippen LogP contribution in [0.4, 0.5) is 8.78 Å². The lowest BCUT2D eigenvalue weighted by Crippen LogP contribution is -2.54. The molecular formula is C24H20F2N2O3S. The molecule has 2 aliphatic rings. The van der Waals surface area contributed by atoms with Gasteiger partial charge < -0.3 is 5.11 Å². The van der Waals surface area contributed by atoms with Crippen LogP contribution in [0.25, 0.3) is 0 Å². The highest BCUT2D eigenvalue weighted by Crippen LogP contribution is 2.45. The third kappa shape index (κ3) is 2.97. The summed E-state index contributed by atoms with van der Waals surface area (Å²) in [7, 11) is 0. The van der Waals surface area contributed by atoms with Gasteiger partial charge in [-0.3, -0.25) is 19.3 Å². The Hall–Kier alpha value is -3.13. The second kappa shape index (κ2) is 7.20. The Balaban J connectivity index is 1.83. The number of rotatable bonds is 1. The van der Waals surface area contributed by atoms with Crippen molar-refractivity contribution in [2.75, 3.05) is 11.6 Å². The minimum atomic E-state index is -0.932. The molecule has 0 saturated heterocycles. The van der Waals surface area contributed by atoms with E-state index in [9.17, 15) is 23.5 Å². The number of Topliss-reactive ketones (excluding diaryl/α,β-unsaturated/α-hetero) is 1. The summed E-state index contributed by atoms with van der Waals surface area (Å²) in [5.74, 6) is -2.51. The molecule has 0 radical (unpaired) electrons. The first-order valence-electron chi connectivity index (χ1n) is 10.2. The zero-order chi connectivity index (χ0) is 22.8. The Bertz CT molecular complexity index is 1340. The zero-order valence-corrected chi connectivity index (χ0v) is 18.2. The third-order valence-corrected chi connectivity index (χ3v) is 7.24. The first kappa shape index (κ1) is 20.8. The number of benzene rings is 2. The average molecular weight is 454 g/mol. The lowest BCUT2D eigenvalue weighted by Gasteiger charge is -2.45. The lowest BCUT2D eigenvalue weighted by molar-refractivity contribution is 0.0786. The summed E-state index contributed by atoms with van der Waals surface area (Å²) in [5.41, 5.74) is 0.0306. The smallest absolute Gasteiger partial charge is 0.224 e. The van der Waals surface area contributed by atoms with Crippen LogP contribution in [-0.2, 0) is 5.75 Å². The van der Waals surface area contributed by atoms with Crippen LogP contribution in [0.5, 0.6) is 5.75 Å². The molecule has 0 amide bonds. The van der Waals surface area contributed by atoms with Gasteiger partial charge in [-0.15, -0.1) is 11.8 Å². The molecule has 0 fully saturated rings. The number of nitrogens with zero attached hydrogens (tertiary/aromatic N) is 2. The van der Waals surface area contributed by atoms with Crippen LogP contribution in [0.1, 0.15) is 47.1 Å². The summed E-state index contributed by atoms with van der Waals surface area (Å²) in [4.78, 5) is 26.2. The minimum absolute atomic E-state index is 0.104. The maximum Gasteiger partial charge on any atom is 0.224 e. The van der Waals surface area contributed by atoms with E-state index in [-0.39, 0.29) is 29.3 Å². The van der Waals surface area contributed by atoms with Crippen LogP contribution in [0.2, 0.25) is 0 Å². The summed E-state index contributed by atoms with van der Waals surface area (Å²) in [6.45, 7) is 3.72. The van der Waals surface area contributed by atoms with Crippen molar-refractivity contribution in [1.82, 2.24) is 4.68 Å². The second-order valence-electron chi connectivity index (χ2n) is 8.69. The third-order valence-electron chi connectivity index (χ3n) is 6.13. The maximum absolute atomic E-state index is 14.9. The minimum Gasteiger partial charge on any atom is -0.503 e. The molecule has 8 heteroatoms. The molecule has 0 aliphatic carbocycles. The van der Waals surface area contributed by atoms with Crippen molar-refractivity contribution in [3.63, 3.8) is 0 Å². The van der Waals surface area contributed by atoms with Gasteiger partial charge in [0.15, 0.2) is 28.9 Å². The number of hydrogen-bond acceptors (Lipinski definition) is 5. The van der Waals surface area contributed by atoms with Gasteiger partial charge in [0.2, 0.25) is 5.43 Å². The van der Waals surface area contributed by atoms with E-state index in [0.29, 0.717) is 5.56 Å². The van der Waals surface area contributed by atoms with E-state index in [1.54, 1.807) is 19.9 Å². The number of aromatic hydroxyl groups is 1. The first-order valence-corrected chi connectivity index (χ1v) is 11.1. The fraction of sp³-hybridized carbons (Fsp3) is 0.250. The molecule has 0 bridgehead atoms. The van der Waals surface area contributed by atoms with E-state index in [1.807, 2.05) is 29.3 Å². The predicted molar refractivity (Wildman–Crippen MR) is 118 cm³/mol. The van der Waals surface area contributed by atoms with E-state index < -0.39 is 34.3 Å². The number of ketones is 1. The molecule has 1 aromatic heterocycles. The predicted octanol–water partition coefficient (Wildman–Crippen LogP) is 4.39. The van der Waals surface area contributed by atoms with Crippen molar-refractivity contribution in [2.24, 2.45) is 5.41 Å². The van der Waals surface area contributed by atoms with E-state index in [0.717, 1.165) is 16.5 Å². The summed E-state index contributed by atoms with van der Waals surface area (Å²) in [6, 6.07) is 10.9. The molecular weight excluding hydrogens is 434 g/mol. The molecule has 2 aromatic carbocycles. The highest BCUT2D eigenvalue weighted by molar-refractivity contribution is 7.98. The summed E-state index contributed by atoms with van der Waals surface area (Å²) in [6.07, 6.45) is 1.45. The van der Waals surface area contributed by atoms with Gasteiger partial charge in [0.05, 0.1) is 6.04 Å². The van der Waals surface area contributed by atoms with E-state index in [4.69, 9.17) is 0 Å². The monoisotopic (exact) mass is 454 g/mol. The zero-order valence-electron chi connectivity index (χ0n) is 17.4. The molecule has 3 heterocycles. The maximum atomic E-state index is 14.9. The quantitative estimate of drug-likeness (QED) is 0.591. The van der Waals surface area contributed by atoms with Gasteiger partial charge in [-0.25, -0.2) is 8.78 Å². The van der Waals surface area contributed by atoms with Crippen LogP contribution in [0.15, 0.2) is 58.4 Å². The average Bonchev–Trinajstić information content (AvgIpc) is 2.93. The van der Waals surface area contributed by atoms with Gasteiger partial charge in [0.25, 0.3) is 0 Å². The van der Waals surface area contributed by atoms with Crippen molar-refractivity contribution >= 4 is 17.5 Å². The second-order valence-corrected chi connectivity index (χ2v) is 9.71. The molecule has 0 saturated carbocycles. The fourth-order valence-electron chi connectivity index (χ4n) is 4.52. The summed E-state index contributed by atoms with van der Waals surface area (Å²) < 4.78 is 30.5. The Morgan fingerprint density at radius 3 is 2.59 bits per heavy atom. The van der Waals surface area contributed by atoms with Crippen molar-refractivity contribution in [1.29, 1.82) is 0 Å². The van der Waals surface area contributed by atoms with Crippen LogP contribution in [0, 0.1) is 17.0 Å². The number of fused-ring (bicyclic) bond motifs is 3. The van der Waals surface area contributed by atoms with Gasteiger partial charge in [-0.05, 0) is 23.3 Å². The molecule has 1 N–H and O–H groups in total. The van der Waals surface area contributed by atoms with Crippen molar-refractivity contribution < 1.29 is 18.7 Å². The first-order chi connectivity index (χ1) is 15.2. The Kier molecular flexibility index (Phi) is 4.67. The van der Waals surface area contributed by atoms with Gasteiger partial charge in [-0.1, -0.05) is 38.1 Å². The van der Waals surface area contributed by atoms with Gasteiger partial charge >= 0.3 is 0 Å². The number of carbonyl (C=O) groups excluding carboxylic acids is 1. The van der Waals surface area contributed by atoms with Gasteiger partial charge in [-0.2, -0.15) is 0 Å². The number of carbonyl (C=O) groups is 1. The highest BCUT2D eigenvalue weighted by atomic mass is 32.2. The standard InChI is InChI=1S/C24H20F2N2O3S/c1-24(2)12-28(27-10-9-17(29)22(30)21(27)23(24)31)20-13-7-8-16(25)19(26)15(13)11-32-18-6-4-3-5-14(18)20/h3-10,20,30H,11-12H2,1-2H3/t20-/m1/s1. The van der Waals surface area contributed by atoms with Crippen LogP contribution in [-0.4, -0.2) is 22.1 Å². The SMILES string of the molecule is CC1(C)CN([C@H]2c3ccccc3SCc3c2ccc(F)c3F)n2ccc(=O)c(O)c2C1=O. The largest absolute Gasteiger partial charge is 0.503 e. The van der Waals surface area contributed by atoms with E-state index in [1.165, 1.54) is 28.7 Å². The van der Waals surface area contributed by atoms with Crippen molar-refractivity contribution in [2.45, 2.75) is 30.5 Å². The van der Waals surface area contributed by atoms with Crippen molar-refractivity contribution in [3.05, 3.63) is 92.9 Å². The Morgan fingerprint density at radius 2 is 1.81 bits per heavy atom. The molecule has 2 aliphatic heterocycles. The number of aromatic nitrogens is 1. The molecule has 5 nitrogen and oxygen atoms in total. The van der Waals surface area contributed by atoms with Crippen molar-refractivity contribution in [3.8, 4) is 5.75 Å². The van der Waals surface area contributed by atoms with E-state index in [2.05, 4.69) is 0 Å².